The molecule has 1 aromatic carbocycles. The van der Waals surface area contributed by atoms with Gasteiger partial charge in [0.05, 0.1) is 0 Å². The van der Waals surface area contributed by atoms with Gasteiger partial charge in [-0.25, -0.2) is 4.79 Å². The van der Waals surface area contributed by atoms with Crippen LogP contribution in [0.4, 0.5) is 0 Å². The quantitative estimate of drug-likeness (QED) is 0.904. The number of nitrogens with zero attached hydrogens (tertiary/aromatic N) is 1. The standard InChI is InChI=1S/C18H18N2O4/c21-16-13(9-10-14(19-16)12-6-2-1-3-7-12)17(22)20-11-5-4-8-15(20)18(23)24/h1-3,6-7,9-10,15H,4-5,8,11H2,(H,19,21)(H,23,24). The Kier molecular flexibility index (Phi) is 4.46. The number of benzene rings is 1. The van der Waals surface area contributed by atoms with Crippen molar-refractivity contribution in [3.63, 3.8) is 0 Å². The molecule has 2 aromatic rings. The summed E-state index contributed by atoms with van der Waals surface area (Å²) in [7, 11) is 0. The number of carboxylic acid groups (broad SMARTS) is 1. The molecule has 1 amide bonds. The monoisotopic (exact) mass is 326 g/mol. The second-order valence-corrected chi connectivity index (χ2v) is 5.83. The number of nitrogens with one attached hydrogen (secondary N) is 1. The second-order valence-electron chi connectivity index (χ2n) is 5.83. The number of rotatable bonds is 3. The summed E-state index contributed by atoms with van der Waals surface area (Å²) in [6.45, 7) is 0.357. The number of carbonyl (C=O) groups excluding carboxylic acids is 1. The van der Waals surface area contributed by atoms with Crippen molar-refractivity contribution < 1.29 is 14.7 Å². The van der Waals surface area contributed by atoms with Crippen LogP contribution >= 0.6 is 0 Å². The van der Waals surface area contributed by atoms with Crippen LogP contribution in [0.2, 0.25) is 0 Å². The molecule has 0 bridgehead atoms. The summed E-state index contributed by atoms with van der Waals surface area (Å²) in [5.74, 6) is -1.55. The molecular formula is C18H18N2O4. The fraction of sp³-hybridized carbons (Fsp3) is 0.278. The van der Waals surface area contributed by atoms with E-state index in [4.69, 9.17) is 0 Å². The molecule has 0 saturated carbocycles. The predicted molar refractivity (Wildman–Crippen MR) is 88.8 cm³/mol. The fourth-order valence-corrected chi connectivity index (χ4v) is 3.01. The van der Waals surface area contributed by atoms with Crippen LogP contribution < -0.4 is 5.56 Å². The highest BCUT2D eigenvalue weighted by Gasteiger charge is 2.33. The highest BCUT2D eigenvalue weighted by molar-refractivity contribution is 5.96. The number of aliphatic carboxylic acids is 1. The third-order valence-electron chi connectivity index (χ3n) is 4.27. The number of pyridine rings is 1. The number of piperidine rings is 1. The normalized spacial score (nSPS) is 17.5. The van der Waals surface area contributed by atoms with E-state index in [1.165, 1.54) is 11.0 Å². The zero-order valence-electron chi connectivity index (χ0n) is 13.1. The minimum absolute atomic E-state index is 0.0252. The van der Waals surface area contributed by atoms with Gasteiger partial charge in [-0.1, -0.05) is 30.3 Å². The van der Waals surface area contributed by atoms with Crippen LogP contribution in [0.5, 0.6) is 0 Å². The average Bonchev–Trinajstić information content (AvgIpc) is 2.62. The summed E-state index contributed by atoms with van der Waals surface area (Å²) in [6, 6.07) is 11.6. The Morgan fingerprint density at radius 1 is 1.08 bits per heavy atom. The number of likely N-dealkylation sites (tertiary alicyclic amines) is 1. The molecule has 2 N–H and O–H groups in total. The zero-order valence-corrected chi connectivity index (χ0v) is 13.1. The van der Waals surface area contributed by atoms with E-state index < -0.39 is 23.5 Å². The minimum Gasteiger partial charge on any atom is -0.480 e. The Balaban J connectivity index is 1.90. The van der Waals surface area contributed by atoms with Crippen molar-refractivity contribution in [2.75, 3.05) is 6.54 Å². The molecule has 1 unspecified atom stereocenters. The van der Waals surface area contributed by atoms with Crippen LogP contribution in [-0.4, -0.2) is 39.5 Å². The van der Waals surface area contributed by atoms with E-state index in [-0.39, 0.29) is 5.56 Å². The Labute approximate surface area is 138 Å². The molecule has 0 aliphatic carbocycles. The van der Waals surface area contributed by atoms with E-state index >= 15 is 0 Å². The lowest BCUT2D eigenvalue weighted by molar-refractivity contribution is -0.143. The maximum absolute atomic E-state index is 12.6. The van der Waals surface area contributed by atoms with Crippen LogP contribution in [0.25, 0.3) is 11.3 Å². The summed E-state index contributed by atoms with van der Waals surface area (Å²) in [5, 5.41) is 9.29. The van der Waals surface area contributed by atoms with Crippen LogP contribution in [0.15, 0.2) is 47.3 Å². The largest absolute Gasteiger partial charge is 0.480 e. The van der Waals surface area contributed by atoms with E-state index in [0.717, 1.165) is 18.4 Å². The number of aromatic nitrogens is 1. The molecule has 1 saturated heterocycles. The molecule has 3 rings (SSSR count). The fourth-order valence-electron chi connectivity index (χ4n) is 3.01. The topological polar surface area (TPSA) is 90.5 Å². The number of carboxylic acids is 1. The van der Waals surface area contributed by atoms with Crippen LogP contribution in [-0.2, 0) is 4.79 Å². The number of carbonyl (C=O) groups is 2. The van der Waals surface area contributed by atoms with Crippen molar-refractivity contribution in [3.05, 3.63) is 58.4 Å². The molecule has 0 radical (unpaired) electrons. The van der Waals surface area contributed by atoms with Gasteiger partial charge >= 0.3 is 5.97 Å². The summed E-state index contributed by atoms with van der Waals surface area (Å²) in [6.07, 6.45) is 1.93. The van der Waals surface area contributed by atoms with E-state index in [1.807, 2.05) is 30.3 Å². The third kappa shape index (κ3) is 3.08. The summed E-state index contributed by atoms with van der Waals surface area (Å²) in [5.41, 5.74) is 0.930. The van der Waals surface area contributed by atoms with Crippen molar-refractivity contribution in [1.82, 2.24) is 9.88 Å². The maximum atomic E-state index is 12.6. The van der Waals surface area contributed by atoms with Crippen molar-refractivity contribution >= 4 is 11.9 Å². The van der Waals surface area contributed by atoms with E-state index in [2.05, 4.69) is 4.98 Å². The first-order valence-electron chi connectivity index (χ1n) is 7.90. The van der Waals surface area contributed by atoms with Gasteiger partial charge in [0.15, 0.2) is 0 Å². The summed E-state index contributed by atoms with van der Waals surface area (Å²) < 4.78 is 0. The molecule has 1 fully saturated rings. The van der Waals surface area contributed by atoms with Gasteiger partial charge in [0.2, 0.25) is 0 Å². The van der Waals surface area contributed by atoms with Gasteiger partial charge in [-0.05, 0) is 37.0 Å². The molecule has 24 heavy (non-hydrogen) atoms. The lowest BCUT2D eigenvalue weighted by Gasteiger charge is -2.32. The number of amides is 1. The molecule has 6 heteroatoms. The zero-order chi connectivity index (χ0) is 17.1. The van der Waals surface area contributed by atoms with Gasteiger partial charge in [-0.2, -0.15) is 0 Å². The molecule has 6 nitrogen and oxygen atoms in total. The highest BCUT2D eigenvalue weighted by Crippen LogP contribution is 2.20. The van der Waals surface area contributed by atoms with Crippen molar-refractivity contribution in [1.29, 1.82) is 0 Å². The van der Waals surface area contributed by atoms with Gasteiger partial charge in [0.1, 0.15) is 11.6 Å². The maximum Gasteiger partial charge on any atom is 0.326 e. The average molecular weight is 326 g/mol. The summed E-state index contributed by atoms with van der Waals surface area (Å²) >= 11 is 0. The Hall–Kier alpha value is -2.89. The SMILES string of the molecule is O=C(O)C1CCCCN1C(=O)c1ccc(-c2ccccc2)[nH]c1=O. The second kappa shape index (κ2) is 6.70. The van der Waals surface area contributed by atoms with Crippen LogP contribution in [0.1, 0.15) is 29.6 Å². The lowest BCUT2D eigenvalue weighted by Crippen LogP contribution is -2.49. The molecule has 1 aliphatic heterocycles. The Morgan fingerprint density at radius 3 is 2.50 bits per heavy atom. The summed E-state index contributed by atoms with van der Waals surface area (Å²) in [4.78, 5) is 40.3. The molecule has 1 aliphatic rings. The Morgan fingerprint density at radius 2 is 1.83 bits per heavy atom. The smallest absolute Gasteiger partial charge is 0.326 e. The third-order valence-corrected chi connectivity index (χ3v) is 4.27. The van der Waals surface area contributed by atoms with Gasteiger partial charge in [0, 0.05) is 12.2 Å². The van der Waals surface area contributed by atoms with Crippen molar-refractivity contribution in [3.8, 4) is 11.3 Å². The predicted octanol–water partition coefficient (Wildman–Crippen LogP) is 2.12. The number of hydrogen-bond donors (Lipinski definition) is 2. The Bertz CT molecular complexity index is 813. The van der Waals surface area contributed by atoms with E-state index in [0.29, 0.717) is 18.7 Å². The first-order chi connectivity index (χ1) is 11.6. The number of H-pyrrole nitrogens is 1. The first-order valence-corrected chi connectivity index (χ1v) is 7.90. The molecule has 1 atom stereocenters. The molecule has 124 valence electrons. The number of aromatic amines is 1. The minimum atomic E-state index is -1.03. The van der Waals surface area contributed by atoms with Gasteiger partial charge < -0.3 is 15.0 Å². The van der Waals surface area contributed by atoms with Gasteiger partial charge in [0.25, 0.3) is 11.5 Å². The van der Waals surface area contributed by atoms with Crippen molar-refractivity contribution in [2.24, 2.45) is 0 Å². The molecular weight excluding hydrogens is 308 g/mol. The number of hydrogen-bond acceptors (Lipinski definition) is 3. The molecule has 1 aromatic heterocycles. The molecule has 2 heterocycles. The van der Waals surface area contributed by atoms with E-state index in [1.54, 1.807) is 6.07 Å². The van der Waals surface area contributed by atoms with Crippen LogP contribution in [0, 0.1) is 0 Å². The van der Waals surface area contributed by atoms with Crippen LogP contribution in [0.3, 0.4) is 0 Å². The highest BCUT2D eigenvalue weighted by atomic mass is 16.4. The van der Waals surface area contributed by atoms with Gasteiger partial charge in [-0.15, -0.1) is 0 Å². The van der Waals surface area contributed by atoms with Gasteiger partial charge in [-0.3, -0.25) is 9.59 Å². The van der Waals surface area contributed by atoms with Crippen molar-refractivity contribution in [2.45, 2.75) is 25.3 Å². The first kappa shape index (κ1) is 16.0. The lowest BCUT2D eigenvalue weighted by atomic mass is 10.0. The molecule has 0 spiro atoms. The van der Waals surface area contributed by atoms with E-state index in [9.17, 15) is 19.5 Å².